The molecule has 1 saturated heterocycles. The van der Waals surface area contributed by atoms with E-state index >= 15 is 0 Å². The molecule has 6 nitrogen and oxygen atoms in total. The molecule has 0 unspecified atom stereocenters. The van der Waals surface area contributed by atoms with Gasteiger partial charge < -0.3 is 15.0 Å². The summed E-state index contributed by atoms with van der Waals surface area (Å²) < 4.78 is 5.42. The van der Waals surface area contributed by atoms with Gasteiger partial charge in [-0.3, -0.25) is 0 Å². The molecule has 7 heteroatoms. The van der Waals surface area contributed by atoms with E-state index in [0.717, 1.165) is 45.7 Å². The molecular weight excluding hydrogens is 290 g/mol. The first-order valence-electron chi connectivity index (χ1n) is 7.54. The molecule has 2 rings (SSSR count). The summed E-state index contributed by atoms with van der Waals surface area (Å²) in [4.78, 5) is 14.9. The number of halogens is 1. The fourth-order valence-corrected chi connectivity index (χ4v) is 2.56. The molecule has 1 aliphatic heterocycles. The monoisotopic (exact) mass is 313 g/mol. The quantitative estimate of drug-likeness (QED) is 0.871. The second-order valence-corrected chi connectivity index (χ2v) is 6.01. The van der Waals surface area contributed by atoms with Gasteiger partial charge in [-0.15, -0.1) is 0 Å². The first-order valence-corrected chi connectivity index (χ1v) is 7.92. The van der Waals surface area contributed by atoms with Crippen LogP contribution in [0.4, 0.5) is 11.9 Å². The van der Waals surface area contributed by atoms with E-state index in [9.17, 15) is 0 Å². The van der Waals surface area contributed by atoms with E-state index in [1.54, 1.807) is 0 Å². The Morgan fingerprint density at radius 2 is 1.86 bits per heavy atom. The Labute approximate surface area is 131 Å². The highest BCUT2D eigenvalue weighted by molar-refractivity contribution is 6.28. The van der Waals surface area contributed by atoms with Crippen LogP contribution in [-0.4, -0.2) is 47.8 Å². The molecule has 1 aromatic rings. The molecule has 0 aromatic carbocycles. The molecule has 1 N–H and O–H groups in total. The van der Waals surface area contributed by atoms with Gasteiger partial charge in [-0.05, 0) is 43.7 Å². The Hall–Kier alpha value is -1.14. The lowest BCUT2D eigenvalue weighted by atomic mass is 9.82. The van der Waals surface area contributed by atoms with Gasteiger partial charge in [-0.1, -0.05) is 6.92 Å². The minimum Gasteiger partial charge on any atom is -0.381 e. The molecule has 1 fully saturated rings. The van der Waals surface area contributed by atoms with Gasteiger partial charge in [-0.2, -0.15) is 15.0 Å². The van der Waals surface area contributed by atoms with Crippen LogP contribution in [0.2, 0.25) is 5.28 Å². The summed E-state index contributed by atoms with van der Waals surface area (Å²) in [7, 11) is 0. The summed E-state index contributed by atoms with van der Waals surface area (Å²) in [5.41, 5.74) is 0.215. The van der Waals surface area contributed by atoms with E-state index in [4.69, 9.17) is 16.3 Å². The Bertz CT molecular complexity index is 461. The van der Waals surface area contributed by atoms with Crippen molar-refractivity contribution in [3.8, 4) is 0 Å². The van der Waals surface area contributed by atoms with Crippen molar-refractivity contribution in [3.05, 3.63) is 5.28 Å². The van der Waals surface area contributed by atoms with Gasteiger partial charge in [0.15, 0.2) is 0 Å². The van der Waals surface area contributed by atoms with Gasteiger partial charge >= 0.3 is 0 Å². The normalized spacial score (nSPS) is 17.5. The highest BCUT2D eigenvalue weighted by Crippen LogP contribution is 2.29. The highest BCUT2D eigenvalue weighted by Gasteiger charge is 2.27. The molecule has 0 amide bonds. The topological polar surface area (TPSA) is 63.2 Å². The molecule has 0 aliphatic carbocycles. The molecule has 21 heavy (non-hydrogen) atoms. The highest BCUT2D eigenvalue weighted by atomic mass is 35.5. The summed E-state index contributed by atoms with van der Waals surface area (Å²) in [6.07, 6.45) is 2.09. The number of rotatable bonds is 6. The number of hydrogen-bond donors (Lipinski definition) is 1. The average Bonchev–Trinajstić information content (AvgIpc) is 2.47. The lowest BCUT2D eigenvalue weighted by molar-refractivity contribution is 0.0299. The number of nitrogens with zero attached hydrogens (tertiary/aromatic N) is 4. The number of aromatic nitrogens is 3. The van der Waals surface area contributed by atoms with Crippen LogP contribution < -0.4 is 10.2 Å². The van der Waals surface area contributed by atoms with Crippen LogP contribution in [0.15, 0.2) is 0 Å². The van der Waals surface area contributed by atoms with Gasteiger partial charge in [-0.25, -0.2) is 0 Å². The zero-order valence-electron chi connectivity index (χ0n) is 13.0. The van der Waals surface area contributed by atoms with Crippen molar-refractivity contribution in [3.63, 3.8) is 0 Å². The third-order valence-electron chi connectivity index (χ3n) is 4.02. The van der Waals surface area contributed by atoms with Crippen molar-refractivity contribution >= 4 is 23.5 Å². The van der Waals surface area contributed by atoms with Crippen LogP contribution in [-0.2, 0) is 4.74 Å². The third kappa shape index (κ3) is 4.41. The Morgan fingerprint density at radius 3 is 2.48 bits per heavy atom. The molecule has 0 saturated carbocycles. The molecule has 118 valence electrons. The van der Waals surface area contributed by atoms with Crippen molar-refractivity contribution in [1.29, 1.82) is 0 Å². The Kier molecular flexibility index (Phi) is 5.58. The van der Waals surface area contributed by atoms with E-state index in [1.807, 2.05) is 0 Å². The van der Waals surface area contributed by atoms with Gasteiger partial charge in [0.25, 0.3) is 0 Å². The van der Waals surface area contributed by atoms with Crippen LogP contribution in [0.1, 0.15) is 33.6 Å². The summed E-state index contributed by atoms with van der Waals surface area (Å²) >= 11 is 6.02. The second-order valence-electron chi connectivity index (χ2n) is 5.68. The zero-order chi connectivity index (χ0) is 15.3. The van der Waals surface area contributed by atoms with Gasteiger partial charge in [0.2, 0.25) is 17.2 Å². The molecule has 1 aliphatic rings. The summed E-state index contributed by atoms with van der Waals surface area (Å²) in [6, 6.07) is 0. The largest absolute Gasteiger partial charge is 0.381 e. The fourth-order valence-electron chi connectivity index (χ4n) is 2.40. The van der Waals surface area contributed by atoms with Crippen molar-refractivity contribution in [2.75, 3.05) is 43.1 Å². The van der Waals surface area contributed by atoms with E-state index in [1.165, 1.54) is 0 Å². The molecule has 0 atom stereocenters. The van der Waals surface area contributed by atoms with Crippen LogP contribution in [0.3, 0.4) is 0 Å². The van der Waals surface area contributed by atoms with Crippen molar-refractivity contribution in [2.45, 2.75) is 33.6 Å². The summed E-state index contributed by atoms with van der Waals surface area (Å²) in [6.45, 7) is 10.5. The zero-order valence-corrected chi connectivity index (χ0v) is 13.8. The number of nitrogens with one attached hydrogen (secondary N) is 1. The van der Waals surface area contributed by atoms with Crippen molar-refractivity contribution < 1.29 is 4.74 Å². The predicted molar refractivity (Wildman–Crippen MR) is 85.0 cm³/mol. The minimum atomic E-state index is 0.215. The van der Waals surface area contributed by atoms with Gasteiger partial charge in [0.1, 0.15) is 0 Å². The van der Waals surface area contributed by atoms with Crippen molar-refractivity contribution in [2.24, 2.45) is 5.41 Å². The number of ether oxygens (including phenoxy) is 1. The average molecular weight is 314 g/mol. The number of hydrogen-bond acceptors (Lipinski definition) is 6. The lowest BCUT2D eigenvalue weighted by Gasteiger charge is -2.33. The van der Waals surface area contributed by atoms with Gasteiger partial charge in [0, 0.05) is 32.8 Å². The smallest absolute Gasteiger partial charge is 0.231 e. The maximum atomic E-state index is 6.02. The molecule has 2 heterocycles. The first kappa shape index (κ1) is 16.2. The predicted octanol–water partition coefficient (Wildman–Crippen LogP) is 2.60. The summed E-state index contributed by atoms with van der Waals surface area (Å²) in [5, 5.41) is 3.54. The molecule has 0 bridgehead atoms. The fraction of sp³-hybridized carbons (Fsp3) is 0.786. The van der Waals surface area contributed by atoms with E-state index < -0.39 is 0 Å². The number of anilines is 2. The molecular formula is C14H24ClN5O. The Balaban J connectivity index is 2.05. The van der Waals surface area contributed by atoms with Crippen LogP contribution in [0.5, 0.6) is 0 Å². The molecule has 1 aromatic heterocycles. The van der Waals surface area contributed by atoms with Crippen LogP contribution in [0, 0.1) is 5.41 Å². The maximum absolute atomic E-state index is 6.02. The van der Waals surface area contributed by atoms with E-state index in [2.05, 4.69) is 45.9 Å². The SMILES string of the molecule is CCN(CC)c1nc(Cl)nc(NCC2(C)CCOCC2)n1. The van der Waals surface area contributed by atoms with Crippen LogP contribution in [0.25, 0.3) is 0 Å². The van der Waals surface area contributed by atoms with Gasteiger partial charge in [0.05, 0.1) is 0 Å². The van der Waals surface area contributed by atoms with E-state index in [-0.39, 0.29) is 10.7 Å². The van der Waals surface area contributed by atoms with Crippen molar-refractivity contribution in [1.82, 2.24) is 15.0 Å². The molecule has 0 spiro atoms. The van der Waals surface area contributed by atoms with Crippen LogP contribution >= 0.6 is 11.6 Å². The minimum absolute atomic E-state index is 0.215. The van der Waals surface area contributed by atoms with E-state index in [0.29, 0.717) is 11.9 Å². The maximum Gasteiger partial charge on any atom is 0.231 e. The standard InChI is InChI=1S/C14H24ClN5O/c1-4-20(5-2)13-18-11(15)17-12(19-13)16-10-14(3)6-8-21-9-7-14/h4-10H2,1-3H3,(H,16,17,18,19). The Morgan fingerprint density at radius 1 is 1.19 bits per heavy atom. The first-order chi connectivity index (χ1) is 10.1. The lowest BCUT2D eigenvalue weighted by Crippen LogP contribution is -2.33. The molecule has 0 radical (unpaired) electrons. The second kappa shape index (κ2) is 7.22. The summed E-state index contributed by atoms with van der Waals surface area (Å²) in [5.74, 6) is 1.17. The third-order valence-corrected chi connectivity index (χ3v) is 4.18.